The third-order valence-corrected chi connectivity index (χ3v) is 3.35. The monoisotopic (exact) mass is 322 g/mol. The van der Waals surface area contributed by atoms with Crippen molar-refractivity contribution in [2.45, 2.75) is 6.42 Å². The molecule has 1 heterocycles. The largest absolute Gasteiger partial charge is 0.397 e. The van der Waals surface area contributed by atoms with Crippen LogP contribution in [0.5, 0.6) is 0 Å². The first-order chi connectivity index (χ1) is 11.7. The van der Waals surface area contributed by atoms with Gasteiger partial charge in [0.25, 0.3) is 0 Å². The van der Waals surface area contributed by atoms with Crippen LogP contribution >= 0.6 is 0 Å². The van der Waals surface area contributed by atoms with Crippen LogP contribution in [0.15, 0.2) is 60.8 Å². The molecular formula is C19H22N4O. The van der Waals surface area contributed by atoms with Crippen LogP contribution in [0.3, 0.4) is 0 Å². The van der Waals surface area contributed by atoms with Gasteiger partial charge in [-0.2, -0.15) is 5.10 Å². The Balaban J connectivity index is 0.000000219. The number of nitrogen functional groups attached to an aromatic ring is 2. The number of anilines is 2. The molecular weight excluding hydrogens is 300 g/mol. The first kappa shape index (κ1) is 17.3. The Kier molecular flexibility index (Phi) is 6.61. The van der Waals surface area contributed by atoms with E-state index in [9.17, 15) is 0 Å². The maximum absolute atomic E-state index is 8.38. The maximum atomic E-state index is 8.38. The van der Waals surface area contributed by atoms with Crippen LogP contribution in [0, 0.1) is 0 Å². The molecule has 0 fully saturated rings. The van der Waals surface area contributed by atoms with E-state index in [-0.39, 0.29) is 6.61 Å². The van der Waals surface area contributed by atoms with E-state index in [0.29, 0.717) is 17.8 Å². The zero-order chi connectivity index (χ0) is 17.2. The van der Waals surface area contributed by atoms with Gasteiger partial charge >= 0.3 is 0 Å². The summed E-state index contributed by atoms with van der Waals surface area (Å²) in [6, 6.07) is 17.6. The number of aliphatic hydroxyl groups is 1. The molecule has 0 aliphatic rings. The number of nitrogens with zero attached hydrogens (tertiary/aromatic N) is 1. The summed E-state index contributed by atoms with van der Waals surface area (Å²) in [5, 5.41) is 14.9. The molecule has 0 bridgehead atoms. The number of nitrogens with two attached hydrogens (primary N) is 2. The minimum Gasteiger partial charge on any atom is -0.397 e. The van der Waals surface area contributed by atoms with E-state index in [1.54, 1.807) is 12.3 Å². The van der Waals surface area contributed by atoms with E-state index in [2.05, 4.69) is 10.2 Å². The fourth-order valence-electron chi connectivity index (χ4n) is 2.04. The minimum absolute atomic E-state index is 0.171. The molecule has 0 saturated carbocycles. The smallest absolute Gasteiger partial charge is 0.0644 e. The fourth-order valence-corrected chi connectivity index (χ4v) is 2.04. The molecule has 0 amide bonds. The first-order valence-electron chi connectivity index (χ1n) is 7.67. The number of nitrogens with one attached hydrogen (secondary N) is 1. The molecule has 2 aromatic carbocycles. The van der Waals surface area contributed by atoms with Crippen molar-refractivity contribution < 1.29 is 5.11 Å². The standard InChI is InChI=1S/C14H14N2.C5H8N2O/c15-13-8-4-7-12(14(13)16)10-9-11-5-2-1-3-6-11;8-4-2-5-1-3-6-7-5/h1-10H,15-16H2;1,3,8H,2,4H2,(H,6,7). The Hall–Kier alpha value is -3.05. The highest BCUT2D eigenvalue weighted by Gasteiger charge is 1.97. The van der Waals surface area contributed by atoms with Crippen molar-refractivity contribution in [2.24, 2.45) is 0 Å². The van der Waals surface area contributed by atoms with E-state index < -0.39 is 0 Å². The van der Waals surface area contributed by atoms with Gasteiger partial charge in [0.1, 0.15) is 0 Å². The van der Waals surface area contributed by atoms with Gasteiger partial charge < -0.3 is 16.6 Å². The van der Waals surface area contributed by atoms with Crippen molar-refractivity contribution in [1.82, 2.24) is 10.2 Å². The van der Waals surface area contributed by atoms with Crippen LogP contribution in [-0.2, 0) is 6.42 Å². The highest BCUT2D eigenvalue weighted by Crippen LogP contribution is 2.21. The molecule has 1 aromatic heterocycles. The average molecular weight is 322 g/mol. The summed E-state index contributed by atoms with van der Waals surface area (Å²) in [6.45, 7) is 0.171. The summed E-state index contributed by atoms with van der Waals surface area (Å²) in [7, 11) is 0. The van der Waals surface area contributed by atoms with Crippen molar-refractivity contribution in [3.8, 4) is 0 Å². The SMILES string of the molecule is Nc1cccc(C=Cc2ccccc2)c1N.OCCc1cc[nH]n1. The average Bonchev–Trinajstić information content (AvgIpc) is 3.11. The van der Waals surface area contributed by atoms with Gasteiger partial charge in [0.15, 0.2) is 0 Å². The zero-order valence-corrected chi connectivity index (χ0v) is 13.4. The van der Waals surface area contributed by atoms with Crippen LogP contribution in [0.25, 0.3) is 12.2 Å². The molecule has 0 atom stereocenters. The number of aliphatic hydroxyl groups excluding tert-OH is 1. The van der Waals surface area contributed by atoms with Crippen LogP contribution in [0.4, 0.5) is 11.4 Å². The van der Waals surface area contributed by atoms with E-state index in [1.165, 1.54) is 0 Å². The molecule has 24 heavy (non-hydrogen) atoms. The van der Waals surface area contributed by atoms with Gasteiger partial charge in [0.05, 0.1) is 17.1 Å². The van der Waals surface area contributed by atoms with Crippen LogP contribution in [-0.4, -0.2) is 21.9 Å². The molecule has 0 spiro atoms. The van der Waals surface area contributed by atoms with Crippen LogP contribution in [0.2, 0.25) is 0 Å². The van der Waals surface area contributed by atoms with Crippen LogP contribution < -0.4 is 11.5 Å². The second kappa shape index (κ2) is 9.17. The number of rotatable bonds is 4. The molecule has 5 heteroatoms. The zero-order valence-electron chi connectivity index (χ0n) is 13.4. The number of hydrogen-bond acceptors (Lipinski definition) is 4. The fraction of sp³-hybridized carbons (Fsp3) is 0.105. The quantitative estimate of drug-likeness (QED) is 0.438. The molecule has 3 rings (SSSR count). The number of hydrogen-bond donors (Lipinski definition) is 4. The summed E-state index contributed by atoms with van der Waals surface area (Å²) in [5.41, 5.74) is 15.9. The third-order valence-electron chi connectivity index (χ3n) is 3.35. The Labute approximate surface area is 141 Å². The topological polar surface area (TPSA) is 101 Å². The van der Waals surface area contributed by atoms with E-state index in [1.807, 2.05) is 60.7 Å². The van der Waals surface area contributed by atoms with Crippen molar-refractivity contribution in [2.75, 3.05) is 18.1 Å². The molecule has 0 aliphatic heterocycles. The normalized spacial score (nSPS) is 10.4. The Bertz CT molecular complexity index is 752. The van der Waals surface area contributed by atoms with Crippen molar-refractivity contribution in [1.29, 1.82) is 0 Å². The van der Waals surface area contributed by atoms with Gasteiger partial charge in [-0.25, -0.2) is 0 Å². The molecule has 0 radical (unpaired) electrons. The molecule has 6 N–H and O–H groups in total. The van der Waals surface area contributed by atoms with Gasteiger partial charge in [0.2, 0.25) is 0 Å². The second-order valence-corrected chi connectivity index (χ2v) is 5.13. The number of aromatic amines is 1. The number of aromatic nitrogens is 2. The Morgan fingerprint density at radius 2 is 1.75 bits per heavy atom. The van der Waals surface area contributed by atoms with E-state index in [4.69, 9.17) is 16.6 Å². The lowest BCUT2D eigenvalue weighted by atomic mass is 10.1. The van der Waals surface area contributed by atoms with E-state index in [0.717, 1.165) is 16.8 Å². The molecule has 0 unspecified atom stereocenters. The predicted molar refractivity (Wildman–Crippen MR) is 100 cm³/mol. The highest BCUT2D eigenvalue weighted by molar-refractivity contribution is 5.81. The molecule has 5 nitrogen and oxygen atoms in total. The van der Waals surface area contributed by atoms with Gasteiger partial charge in [-0.3, -0.25) is 5.10 Å². The summed E-state index contributed by atoms with van der Waals surface area (Å²) >= 11 is 0. The van der Waals surface area contributed by atoms with Gasteiger partial charge in [0, 0.05) is 19.2 Å². The second-order valence-electron chi connectivity index (χ2n) is 5.13. The molecule has 3 aromatic rings. The van der Waals surface area contributed by atoms with Crippen molar-refractivity contribution >= 4 is 23.5 Å². The predicted octanol–water partition coefficient (Wildman–Crippen LogP) is 2.97. The van der Waals surface area contributed by atoms with E-state index >= 15 is 0 Å². The number of H-pyrrole nitrogens is 1. The Morgan fingerprint density at radius 3 is 2.42 bits per heavy atom. The lowest BCUT2D eigenvalue weighted by Gasteiger charge is -2.03. The lowest BCUT2D eigenvalue weighted by molar-refractivity contribution is 0.298. The highest BCUT2D eigenvalue weighted by atomic mass is 16.3. The lowest BCUT2D eigenvalue weighted by Crippen LogP contribution is -1.96. The minimum atomic E-state index is 0.171. The Morgan fingerprint density at radius 1 is 0.958 bits per heavy atom. The van der Waals surface area contributed by atoms with Gasteiger partial charge in [-0.1, -0.05) is 54.6 Å². The number of benzene rings is 2. The van der Waals surface area contributed by atoms with Crippen LogP contribution in [0.1, 0.15) is 16.8 Å². The summed E-state index contributed by atoms with van der Waals surface area (Å²) in [6.07, 6.45) is 6.38. The molecule has 0 aliphatic carbocycles. The van der Waals surface area contributed by atoms with Gasteiger partial charge in [-0.15, -0.1) is 0 Å². The number of para-hydroxylation sites is 1. The molecule has 124 valence electrons. The first-order valence-corrected chi connectivity index (χ1v) is 7.67. The summed E-state index contributed by atoms with van der Waals surface area (Å²) < 4.78 is 0. The molecule has 0 saturated heterocycles. The van der Waals surface area contributed by atoms with Crippen molar-refractivity contribution in [3.05, 3.63) is 77.6 Å². The summed E-state index contributed by atoms with van der Waals surface area (Å²) in [5.74, 6) is 0. The third kappa shape index (κ3) is 5.30. The van der Waals surface area contributed by atoms with Crippen molar-refractivity contribution in [3.63, 3.8) is 0 Å². The maximum Gasteiger partial charge on any atom is 0.0644 e. The van der Waals surface area contributed by atoms with Gasteiger partial charge in [-0.05, 0) is 23.3 Å². The summed E-state index contributed by atoms with van der Waals surface area (Å²) in [4.78, 5) is 0.